The highest BCUT2D eigenvalue weighted by molar-refractivity contribution is 6.00. The molecule has 0 bridgehead atoms. The van der Waals surface area contributed by atoms with E-state index in [-0.39, 0.29) is 5.56 Å². The third kappa shape index (κ3) is 6.71. The molecule has 7 heteroatoms. The maximum Gasteiger partial charge on any atom is 0.273 e. The molecule has 0 heterocycles. The lowest BCUT2D eigenvalue weighted by Crippen LogP contribution is -2.41. The van der Waals surface area contributed by atoms with Gasteiger partial charge in [-0.15, -0.1) is 0 Å². The molecule has 0 aliphatic carbocycles. The molecule has 7 nitrogen and oxygen atoms in total. The summed E-state index contributed by atoms with van der Waals surface area (Å²) >= 11 is 0. The molecule has 0 fully saturated rings. The lowest BCUT2D eigenvalue weighted by atomic mass is 10.2. The van der Waals surface area contributed by atoms with Gasteiger partial charge in [0.25, 0.3) is 11.8 Å². The molecule has 0 radical (unpaired) electrons. The van der Waals surface area contributed by atoms with E-state index in [1.54, 1.807) is 36.4 Å². The van der Waals surface area contributed by atoms with Crippen molar-refractivity contribution in [1.82, 2.24) is 10.9 Å². The van der Waals surface area contributed by atoms with Gasteiger partial charge in [-0.1, -0.05) is 26.2 Å². The van der Waals surface area contributed by atoms with Crippen LogP contribution < -0.4 is 25.1 Å². The van der Waals surface area contributed by atoms with Crippen LogP contribution in [0.5, 0.6) is 17.2 Å². The summed E-state index contributed by atoms with van der Waals surface area (Å²) < 4.78 is 16.0. The van der Waals surface area contributed by atoms with E-state index >= 15 is 0 Å². The second-order valence-corrected chi connectivity index (χ2v) is 6.41. The topological polar surface area (TPSA) is 85.9 Å². The van der Waals surface area contributed by atoms with E-state index in [1.165, 1.54) is 33.1 Å². The van der Waals surface area contributed by atoms with E-state index in [1.807, 2.05) is 0 Å². The van der Waals surface area contributed by atoms with Crippen molar-refractivity contribution in [3.63, 3.8) is 0 Å². The van der Waals surface area contributed by atoms with Gasteiger partial charge >= 0.3 is 0 Å². The van der Waals surface area contributed by atoms with Gasteiger partial charge in [0.2, 0.25) is 0 Å². The van der Waals surface area contributed by atoms with E-state index in [4.69, 9.17) is 14.2 Å². The van der Waals surface area contributed by atoms with Crippen molar-refractivity contribution in [3.8, 4) is 17.2 Å². The van der Waals surface area contributed by atoms with Crippen LogP contribution in [0.25, 0.3) is 0 Å². The summed E-state index contributed by atoms with van der Waals surface area (Å²) in [4.78, 5) is 24.7. The normalized spacial score (nSPS) is 10.2. The zero-order chi connectivity index (χ0) is 21.1. The lowest BCUT2D eigenvalue weighted by Gasteiger charge is -2.12. The third-order valence-corrected chi connectivity index (χ3v) is 4.32. The number of benzene rings is 2. The summed E-state index contributed by atoms with van der Waals surface area (Å²) in [5, 5.41) is 0. The van der Waals surface area contributed by atoms with Gasteiger partial charge in [0.05, 0.1) is 26.4 Å². The number of rotatable bonds is 10. The molecule has 156 valence electrons. The molecule has 2 N–H and O–H groups in total. The minimum Gasteiger partial charge on any atom is -0.497 e. The van der Waals surface area contributed by atoms with Gasteiger partial charge < -0.3 is 14.2 Å². The van der Waals surface area contributed by atoms with E-state index in [9.17, 15) is 9.59 Å². The Kier molecular flexibility index (Phi) is 8.82. The monoisotopic (exact) mass is 400 g/mol. The van der Waals surface area contributed by atoms with Crippen LogP contribution in [0, 0.1) is 0 Å². The van der Waals surface area contributed by atoms with Crippen LogP contribution in [-0.4, -0.2) is 32.6 Å². The maximum atomic E-state index is 12.4. The summed E-state index contributed by atoms with van der Waals surface area (Å²) in [5.41, 5.74) is 5.44. The molecule has 0 atom stereocenters. The first-order chi connectivity index (χ1) is 14.1. The number of carbonyl (C=O) groups is 2. The zero-order valence-corrected chi connectivity index (χ0v) is 17.1. The van der Waals surface area contributed by atoms with Gasteiger partial charge in [0, 0.05) is 5.56 Å². The number of nitrogens with one attached hydrogen (secondary N) is 2. The molecule has 0 aliphatic heterocycles. The summed E-state index contributed by atoms with van der Waals surface area (Å²) in [6.07, 6.45) is 4.55. The van der Waals surface area contributed by atoms with Crippen LogP contribution in [0.2, 0.25) is 0 Å². The fraction of sp³-hybridized carbons (Fsp3) is 0.364. The van der Waals surface area contributed by atoms with E-state index in [0.29, 0.717) is 29.4 Å². The van der Waals surface area contributed by atoms with Crippen LogP contribution in [0.4, 0.5) is 0 Å². The SMILES string of the molecule is CCCCCCOc1ccc(C(=O)NNC(=O)c2cc(OC)ccc2OC)cc1. The second-order valence-electron chi connectivity index (χ2n) is 6.41. The quantitative estimate of drug-likeness (QED) is 0.469. The zero-order valence-electron chi connectivity index (χ0n) is 17.1. The molecule has 2 rings (SSSR count). The van der Waals surface area contributed by atoms with Crippen molar-refractivity contribution < 1.29 is 23.8 Å². The van der Waals surface area contributed by atoms with E-state index < -0.39 is 11.8 Å². The van der Waals surface area contributed by atoms with Crippen molar-refractivity contribution in [3.05, 3.63) is 53.6 Å². The van der Waals surface area contributed by atoms with Crippen molar-refractivity contribution in [2.24, 2.45) is 0 Å². The van der Waals surface area contributed by atoms with Gasteiger partial charge in [-0.25, -0.2) is 0 Å². The Morgan fingerprint density at radius 3 is 2.17 bits per heavy atom. The number of unbranched alkanes of at least 4 members (excludes halogenated alkanes) is 3. The van der Waals surface area contributed by atoms with Crippen molar-refractivity contribution in [2.45, 2.75) is 32.6 Å². The molecule has 2 amide bonds. The molecular formula is C22H28N2O5. The van der Waals surface area contributed by atoms with Gasteiger partial charge in [-0.3, -0.25) is 20.4 Å². The fourth-order valence-electron chi connectivity index (χ4n) is 2.67. The molecule has 0 aromatic heterocycles. The molecule has 2 aromatic rings. The van der Waals surface area contributed by atoms with E-state index in [0.717, 1.165) is 12.8 Å². The predicted molar refractivity (Wildman–Crippen MR) is 111 cm³/mol. The van der Waals surface area contributed by atoms with Crippen LogP contribution in [-0.2, 0) is 0 Å². The highest BCUT2D eigenvalue weighted by atomic mass is 16.5. The number of methoxy groups -OCH3 is 2. The minimum atomic E-state index is -0.513. The summed E-state index contributed by atoms with van der Waals surface area (Å²) in [5.74, 6) is 0.643. The fourth-order valence-corrected chi connectivity index (χ4v) is 2.67. The number of hydrazine groups is 1. The third-order valence-electron chi connectivity index (χ3n) is 4.32. The minimum absolute atomic E-state index is 0.249. The molecule has 0 saturated carbocycles. The van der Waals surface area contributed by atoms with Crippen LogP contribution in [0.3, 0.4) is 0 Å². The molecular weight excluding hydrogens is 372 g/mol. The standard InChI is InChI=1S/C22H28N2O5/c1-4-5-6-7-14-29-17-10-8-16(9-11-17)21(25)23-24-22(26)19-15-18(27-2)12-13-20(19)28-3/h8-13,15H,4-7,14H2,1-3H3,(H,23,25)(H,24,26). The summed E-state index contributed by atoms with van der Waals surface area (Å²) in [6.45, 7) is 2.82. The Morgan fingerprint density at radius 1 is 0.828 bits per heavy atom. The second kappa shape index (κ2) is 11.6. The maximum absolute atomic E-state index is 12.4. The van der Waals surface area contributed by atoms with Gasteiger partial charge in [-0.05, 0) is 48.9 Å². The Bertz CT molecular complexity index is 805. The first kappa shape index (κ1) is 22.1. The smallest absolute Gasteiger partial charge is 0.273 e. The van der Waals surface area contributed by atoms with E-state index in [2.05, 4.69) is 17.8 Å². The van der Waals surface area contributed by atoms with Gasteiger partial charge in [-0.2, -0.15) is 0 Å². The van der Waals surface area contributed by atoms with Crippen molar-refractivity contribution >= 4 is 11.8 Å². The largest absolute Gasteiger partial charge is 0.497 e. The molecule has 0 saturated heterocycles. The molecule has 29 heavy (non-hydrogen) atoms. The number of ether oxygens (including phenoxy) is 3. The number of amides is 2. The average Bonchev–Trinajstić information content (AvgIpc) is 2.77. The molecule has 0 aliphatic rings. The van der Waals surface area contributed by atoms with Crippen LogP contribution in [0.1, 0.15) is 53.3 Å². The van der Waals surface area contributed by atoms with Gasteiger partial charge in [0.1, 0.15) is 17.2 Å². The Labute approximate surface area is 171 Å². The number of hydrogen-bond acceptors (Lipinski definition) is 5. The Morgan fingerprint density at radius 2 is 1.52 bits per heavy atom. The first-order valence-corrected chi connectivity index (χ1v) is 9.64. The number of hydrogen-bond donors (Lipinski definition) is 2. The van der Waals surface area contributed by atoms with Gasteiger partial charge in [0.15, 0.2) is 0 Å². The predicted octanol–water partition coefficient (Wildman–Crippen LogP) is 3.74. The Balaban J connectivity index is 1.88. The van der Waals surface area contributed by atoms with Crippen LogP contribution in [0.15, 0.2) is 42.5 Å². The molecule has 0 spiro atoms. The lowest BCUT2D eigenvalue weighted by molar-refractivity contribution is 0.0844. The average molecular weight is 400 g/mol. The highest BCUT2D eigenvalue weighted by Gasteiger charge is 2.15. The van der Waals surface area contributed by atoms with Crippen molar-refractivity contribution in [1.29, 1.82) is 0 Å². The first-order valence-electron chi connectivity index (χ1n) is 9.64. The van der Waals surface area contributed by atoms with Crippen LogP contribution >= 0.6 is 0 Å². The Hall–Kier alpha value is -3.22. The number of carbonyl (C=O) groups excluding carboxylic acids is 2. The molecule has 0 unspecified atom stereocenters. The summed E-state index contributed by atoms with van der Waals surface area (Å²) in [6, 6.07) is 11.6. The molecule has 2 aromatic carbocycles. The highest BCUT2D eigenvalue weighted by Crippen LogP contribution is 2.23. The van der Waals surface area contributed by atoms with Crippen molar-refractivity contribution in [2.75, 3.05) is 20.8 Å². The summed E-state index contributed by atoms with van der Waals surface area (Å²) in [7, 11) is 2.97.